The Kier molecular flexibility index (Phi) is 24.2. The molecule has 2 aromatic carbocycles. The summed E-state index contributed by atoms with van der Waals surface area (Å²) in [4.78, 5) is 143. The first kappa shape index (κ1) is 61.7. The van der Waals surface area contributed by atoms with Gasteiger partial charge in [0.05, 0.1) is 25.3 Å². The van der Waals surface area contributed by atoms with Crippen molar-refractivity contribution in [2.45, 2.75) is 155 Å². The van der Waals surface area contributed by atoms with Gasteiger partial charge in [-0.1, -0.05) is 96.1 Å². The van der Waals surface area contributed by atoms with Crippen molar-refractivity contribution in [3.05, 3.63) is 71.3 Å². The number of carboxylic acid groups (broad SMARTS) is 3. The highest BCUT2D eigenvalue weighted by Crippen LogP contribution is 2.24. The van der Waals surface area contributed by atoms with Gasteiger partial charge in [0.25, 0.3) is 5.91 Å². The monoisotopic (exact) mass is 1030 g/mol. The number of amides is 7. The largest absolute Gasteiger partial charge is 0.481 e. The summed E-state index contributed by atoms with van der Waals surface area (Å²) in [5, 5.41) is 44.0. The molecular weight excluding hydrogens is 968 g/mol. The predicted octanol–water partition coefficient (Wildman–Crippen LogP) is 2.53. The number of alkyl halides is 3. The number of carboxylic acids is 3. The Labute approximate surface area is 419 Å². The summed E-state index contributed by atoms with van der Waals surface area (Å²) in [7, 11) is 0. The number of hydrogen-bond donors (Lipinski definition) is 10. The van der Waals surface area contributed by atoms with Crippen LogP contribution in [0.15, 0.2) is 54.6 Å². The van der Waals surface area contributed by atoms with Crippen LogP contribution in [-0.4, -0.2) is 123 Å². The van der Waals surface area contributed by atoms with E-state index < -0.39 is 163 Å². The molecule has 0 aliphatic carbocycles. The van der Waals surface area contributed by atoms with Gasteiger partial charge in [-0.2, -0.15) is 13.2 Å². The lowest BCUT2D eigenvalue weighted by Gasteiger charge is -2.34. The average molecular weight is 1030 g/mol. The molecule has 24 heteroatoms. The Morgan fingerprint density at radius 2 is 1.10 bits per heavy atom. The van der Waals surface area contributed by atoms with Crippen LogP contribution >= 0.6 is 0 Å². The van der Waals surface area contributed by atoms with Crippen molar-refractivity contribution in [2.75, 3.05) is 0 Å². The molecule has 0 radical (unpaired) electrons. The average Bonchev–Trinajstić information content (AvgIpc) is 3.28. The number of carbonyl (C=O) groups is 11. The van der Waals surface area contributed by atoms with Crippen LogP contribution in [0.4, 0.5) is 13.2 Å². The fourth-order valence-corrected chi connectivity index (χ4v) is 7.30. The first-order valence-corrected chi connectivity index (χ1v) is 23.4. The minimum atomic E-state index is -5.05. The molecule has 0 saturated heterocycles. The molecule has 7 amide bonds. The second-order valence-electron chi connectivity index (χ2n) is 18.9. The van der Waals surface area contributed by atoms with Crippen molar-refractivity contribution in [2.24, 2.45) is 11.3 Å². The van der Waals surface area contributed by atoms with Gasteiger partial charge in [0.2, 0.25) is 41.2 Å². The standard InChI is InChI=1S/C49H66F3N7O14/c1-8-30(28-15-10-9-11-16-28)54-46(72)40(67)35(25-49(50,51)52)58-43(69)32(22-26(2)3)57-47(73)41(48(5,6)7)59-45(71)33(23-29-17-13-12-14-27(29)4)56-42(68)31(18-20-37(61)62)55-44(70)34(24-39(65)66)53-36(60)19-21-38(63)64/h9-17,26,30-35,41H,8,18-25H2,1-7H3,(H,53,60)(H,54,72)(H,55,70)(H,56,68)(H,57,73)(H,58,69)(H,59,71)(H,61,62)(H,63,64)(H,65,66)/t30-,31+,32+,33+,34+,35+,41-/m1/s1. The summed E-state index contributed by atoms with van der Waals surface area (Å²) >= 11 is 0. The van der Waals surface area contributed by atoms with E-state index in [1.165, 1.54) is 20.8 Å². The number of carbonyl (C=O) groups excluding carboxylic acids is 8. The normalized spacial score (nSPS) is 14.3. The summed E-state index contributed by atoms with van der Waals surface area (Å²) < 4.78 is 41.8. The number of nitrogens with one attached hydrogen (secondary N) is 7. The predicted molar refractivity (Wildman–Crippen MR) is 255 cm³/mol. The highest BCUT2D eigenvalue weighted by atomic mass is 19.4. The molecular formula is C49H66F3N7O14. The molecule has 0 aliphatic rings. The zero-order valence-corrected chi connectivity index (χ0v) is 41.6. The Hall–Kier alpha value is -7.40. The van der Waals surface area contributed by atoms with E-state index in [1.54, 1.807) is 82.3 Å². The molecule has 0 unspecified atom stereocenters. The van der Waals surface area contributed by atoms with Crippen LogP contribution in [-0.2, 0) is 59.2 Å². The molecule has 2 rings (SSSR count). The highest BCUT2D eigenvalue weighted by molar-refractivity contribution is 6.38. The number of aliphatic carboxylic acids is 3. The summed E-state index contributed by atoms with van der Waals surface area (Å²) in [6.45, 7) is 11.2. The summed E-state index contributed by atoms with van der Waals surface area (Å²) in [5.41, 5.74) is 0.477. The maximum atomic E-state index is 14.4. The van der Waals surface area contributed by atoms with E-state index in [9.17, 15) is 76.1 Å². The molecule has 10 N–H and O–H groups in total. The Bertz CT molecular complexity index is 2310. The minimum absolute atomic E-state index is 0.206. The lowest BCUT2D eigenvalue weighted by atomic mass is 9.85. The third kappa shape index (κ3) is 22.3. The lowest BCUT2D eigenvalue weighted by molar-refractivity contribution is -0.154. The van der Waals surface area contributed by atoms with Crippen LogP contribution in [0.25, 0.3) is 0 Å². The maximum absolute atomic E-state index is 14.4. The lowest BCUT2D eigenvalue weighted by Crippen LogP contribution is -2.62. The SMILES string of the molecule is CC[C@@H](NC(=O)C(=O)[C@H](CC(F)(F)F)NC(=O)[C@H](CC(C)C)NC(=O)[C@@H](NC(=O)[C@H](Cc1ccccc1C)NC(=O)[C@H](CCC(=O)O)NC(=O)[C@H](CC(=O)O)NC(=O)CCC(=O)O)C(C)(C)C)c1ccccc1. The van der Waals surface area contributed by atoms with Gasteiger partial charge in [0.15, 0.2) is 0 Å². The number of benzene rings is 2. The van der Waals surface area contributed by atoms with E-state index in [0.717, 1.165) is 0 Å². The first-order valence-electron chi connectivity index (χ1n) is 23.4. The van der Waals surface area contributed by atoms with E-state index in [1.807, 2.05) is 5.32 Å². The third-order valence-corrected chi connectivity index (χ3v) is 11.2. The van der Waals surface area contributed by atoms with Gasteiger partial charge >= 0.3 is 24.1 Å². The van der Waals surface area contributed by atoms with Gasteiger partial charge in [0.1, 0.15) is 36.3 Å². The molecule has 0 heterocycles. The number of Topliss-reactive ketones (excluding diaryl/α,β-unsaturated/α-hetero) is 1. The van der Waals surface area contributed by atoms with Crippen molar-refractivity contribution < 1.29 is 81.2 Å². The number of rotatable bonds is 29. The van der Waals surface area contributed by atoms with E-state index in [2.05, 4.69) is 31.9 Å². The van der Waals surface area contributed by atoms with Crippen LogP contribution in [0.3, 0.4) is 0 Å². The van der Waals surface area contributed by atoms with E-state index >= 15 is 0 Å². The molecule has 402 valence electrons. The minimum Gasteiger partial charge on any atom is -0.481 e. The molecule has 2 aromatic rings. The van der Waals surface area contributed by atoms with Gasteiger partial charge in [-0.05, 0) is 54.2 Å². The van der Waals surface area contributed by atoms with Crippen LogP contribution in [0.1, 0.15) is 116 Å². The highest BCUT2D eigenvalue weighted by Gasteiger charge is 2.42. The zero-order valence-electron chi connectivity index (χ0n) is 41.6. The summed E-state index contributed by atoms with van der Waals surface area (Å²) in [6, 6.07) is 3.27. The smallest absolute Gasteiger partial charge is 0.391 e. The molecule has 7 atom stereocenters. The first-order chi connectivity index (χ1) is 33.9. The maximum Gasteiger partial charge on any atom is 0.391 e. The van der Waals surface area contributed by atoms with Crippen LogP contribution < -0.4 is 37.2 Å². The fourth-order valence-electron chi connectivity index (χ4n) is 7.30. The van der Waals surface area contributed by atoms with Crippen molar-refractivity contribution in [3.8, 4) is 0 Å². The molecule has 0 aliphatic heterocycles. The fraction of sp³-hybridized carbons (Fsp3) is 0.531. The van der Waals surface area contributed by atoms with Gasteiger partial charge < -0.3 is 52.5 Å². The van der Waals surface area contributed by atoms with Crippen molar-refractivity contribution in [3.63, 3.8) is 0 Å². The molecule has 0 bridgehead atoms. The zero-order chi connectivity index (χ0) is 55.4. The van der Waals surface area contributed by atoms with Crippen molar-refractivity contribution in [1.29, 1.82) is 0 Å². The van der Waals surface area contributed by atoms with Gasteiger partial charge in [-0.25, -0.2) is 0 Å². The van der Waals surface area contributed by atoms with Crippen molar-refractivity contribution in [1.82, 2.24) is 37.2 Å². The quantitative estimate of drug-likeness (QED) is 0.0524. The van der Waals surface area contributed by atoms with Gasteiger partial charge in [-0.3, -0.25) is 52.7 Å². The molecule has 73 heavy (non-hydrogen) atoms. The second-order valence-corrected chi connectivity index (χ2v) is 18.9. The number of hydrogen-bond acceptors (Lipinski definition) is 11. The Morgan fingerprint density at radius 1 is 0.575 bits per heavy atom. The summed E-state index contributed by atoms with van der Waals surface area (Å²) in [5.74, 6) is -14.6. The van der Waals surface area contributed by atoms with E-state index in [4.69, 9.17) is 5.11 Å². The van der Waals surface area contributed by atoms with Crippen LogP contribution in [0.5, 0.6) is 0 Å². The molecule has 0 fully saturated rings. The third-order valence-electron chi connectivity index (χ3n) is 11.2. The van der Waals surface area contributed by atoms with Gasteiger partial charge in [-0.15, -0.1) is 0 Å². The summed E-state index contributed by atoms with van der Waals surface area (Å²) in [6.07, 6.45) is -10.9. The number of ketones is 1. The molecule has 21 nitrogen and oxygen atoms in total. The number of halogens is 3. The van der Waals surface area contributed by atoms with E-state index in [0.29, 0.717) is 16.7 Å². The topological polar surface area (TPSA) is 333 Å². The Morgan fingerprint density at radius 3 is 1.63 bits per heavy atom. The van der Waals surface area contributed by atoms with Crippen molar-refractivity contribution >= 4 is 65.0 Å². The Balaban J connectivity index is 2.51. The van der Waals surface area contributed by atoms with Crippen LogP contribution in [0, 0.1) is 18.3 Å². The van der Waals surface area contributed by atoms with Crippen LogP contribution in [0.2, 0.25) is 0 Å². The van der Waals surface area contributed by atoms with Gasteiger partial charge in [0, 0.05) is 19.3 Å². The molecule has 0 spiro atoms. The number of aryl methyl sites for hydroxylation is 1. The molecule has 0 saturated carbocycles. The van der Waals surface area contributed by atoms with E-state index in [-0.39, 0.29) is 19.3 Å². The molecule has 0 aromatic heterocycles. The second kappa shape index (κ2) is 28.6.